The van der Waals surface area contributed by atoms with E-state index in [9.17, 15) is 0 Å². The van der Waals surface area contributed by atoms with E-state index in [-0.39, 0.29) is 5.84 Å². The van der Waals surface area contributed by atoms with Crippen molar-refractivity contribution < 1.29 is 0 Å². The fourth-order valence-corrected chi connectivity index (χ4v) is 2.33. The molecule has 0 bridgehead atoms. The van der Waals surface area contributed by atoms with Gasteiger partial charge in [0.05, 0.1) is 0 Å². The van der Waals surface area contributed by atoms with Crippen LogP contribution in [0, 0.1) is 12.3 Å². The Balaban J connectivity index is 2.37. The molecule has 1 aromatic carbocycles. The molecule has 5 heteroatoms. The van der Waals surface area contributed by atoms with E-state index in [0.717, 1.165) is 10.5 Å². The summed E-state index contributed by atoms with van der Waals surface area (Å²) in [6.45, 7) is 2.00. The number of nitrogens with zero attached hydrogens (tertiary/aromatic N) is 2. The number of rotatable bonds is 3. The third-order valence-electron chi connectivity index (χ3n) is 2.17. The van der Waals surface area contributed by atoms with E-state index in [2.05, 4.69) is 9.97 Å². The van der Waals surface area contributed by atoms with Gasteiger partial charge in [-0.2, -0.15) is 0 Å². The molecular weight excluding hydrogens is 232 g/mol. The minimum absolute atomic E-state index is 0.0587. The molecule has 0 saturated carbocycles. The van der Waals surface area contributed by atoms with Crippen LogP contribution in [0.15, 0.2) is 46.7 Å². The average molecular weight is 244 g/mol. The van der Waals surface area contributed by atoms with Crippen LogP contribution in [-0.2, 0) is 0 Å². The zero-order valence-corrected chi connectivity index (χ0v) is 10.2. The molecule has 0 unspecified atom stereocenters. The highest BCUT2D eigenvalue weighted by atomic mass is 32.2. The maximum absolute atomic E-state index is 7.54. The predicted molar refractivity (Wildman–Crippen MR) is 68.4 cm³/mol. The number of nitrogens with two attached hydrogens (primary N) is 1. The second-order valence-corrected chi connectivity index (χ2v) is 4.56. The van der Waals surface area contributed by atoms with Gasteiger partial charge in [0.2, 0.25) is 0 Å². The van der Waals surface area contributed by atoms with Gasteiger partial charge >= 0.3 is 0 Å². The number of benzene rings is 1. The minimum atomic E-state index is 0.0587. The standard InChI is InChI=1S/C12H12N4S/c1-8-3-4-9(11(13)14)10(7-8)17-12-15-5-2-6-16-12/h2-7H,1H3,(H3,13,14). The van der Waals surface area contributed by atoms with E-state index in [4.69, 9.17) is 11.1 Å². The molecule has 0 radical (unpaired) electrons. The molecule has 0 aliphatic heterocycles. The van der Waals surface area contributed by atoms with Crippen LogP contribution in [0.2, 0.25) is 0 Å². The van der Waals surface area contributed by atoms with Gasteiger partial charge in [-0.15, -0.1) is 0 Å². The lowest BCUT2D eigenvalue weighted by Gasteiger charge is -2.07. The largest absolute Gasteiger partial charge is 0.384 e. The van der Waals surface area contributed by atoms with Gasteiger partial charge in [0, 0.05) is 22.9 Å². The summed E-state index contributed by atoms with van der Waals surface area (Å²) in [6.07, 6.45) is 3.39. The average Bonchev–Trinajstić information content (AvgIpc) is 2.30. The Kier molecular flexibility index (Phi) is 3.39. The van der Waals surface area contributed by atoms with Gasteiger partial charge in [-0.25, -0.2) is 9.97 Å². The summed E-state index contributed by atoms with van der Waals surface area (Å²) in [7, 11) is 0. The third kappa shape index (κ3) is 2.82. The number of amidine groups is 1. The summed E-state index contributed by atoms with van der Waals surface area (Å²) in [5.74, 6) is 0.0587. The van der Waals surface area contributed by atoms with Gasteiger partial charge in [-0.1, -0.05) is 6.07 Å². The molecule has 1 heterocycles. The summed E-state index contributed by atoms with van der Waals surface area (Å²) in [6, 6.07) is 7.54. The molecule has 2 aromatic rings. The molecule has 0 saturated heterocycles. The highest BCUT2D eigenvalue weighted by molar-refractivity contribution is 7.99. The summed E-state index contributed by atoms with van der Waals surface area (Å²) in [5.41, 5.74) is 7.38. The van der Waals surface area contributed by atoms with Crippen molar-refractivity contribution in [2.24, 2.45) is 5.73 Å². The number of aromatic nitrogens is 2. The van der Waals surface area contributed by atoms with Gasteiger partial charge in [0.15, 0.2) is 5.16 Å². The van der Waals surface area contributed by atoms with Crippen molar-refractivity contribution in [3.05, 3.63) is 47.8 Å². The number of nitrogen functional groups attached to an aromatic ring is 1. The Labute approximate surface area is 104 Å². The Morgan fingerprint density at radius 1 is 1.29 bits per heavy atom. The summed E-state index contributed by atoms with van der Waals surface area (Å²) in [5, 5.41) is 8.19. The molecule has 1 aromatic heterocycles. The van der Waals surface area contributed by atoms with Gasteiger partial charge in [0.25, 0.3) is 0 Å². The number of hydrogen-bond acceptors (Lipinski definition) is 4. The molecule has 3 N–H and O–H groups in total. The van der Waals surface area contributed by atoms with Crippen molar-refractivity contribution in [2.75, 3.05) is 0 Å². The highest BCUT2D eigenvalue weighted by Gasteiger charge is 2.08. The number of aryl methyl sites for hydroxylation is 1. The summed E-state index contributed by atoms with van der Waals surface area (Å²) in [4.78, 5) is 9.20. The Bertz CT molecular complexity index is 539. The summed E-state index contributed by atoms with van der Waals surface area (Å²) >= 11 is 1.41. The second-order valence-electron chi connectivity index (χ2n) is 3.55. The van der Waals surface area contributed by atoms with Gasteiger partial charge in [-0.3, -0.25) is 5.41 Å². The van der Waals surface area contributed by atoms with Crippen LogP contribution in [0.25, 0.3) is 0 Å². The van der Waals surface area contributed by atoms with E-state index in [1.165, 1.54) is 11.8 Å². The zero-order valence-electron chi connectivity index (χ0n) is 9.34. The second kappa shape index (κ2) is 4.97. The van der Waals surface area contributed by atoms with Crippen LogP contribution < -0.4 is 5.73 Å². The first-order valence-corrected chi connectivity index (χ1v) is 5.88. The number of hydrogen-bond donors (Lipinski definition) is 2. The first-order valence-electron chi connectivity index (χ1n) is 5.07. The van der Waals surface area contributed by atoms with Gasteiger partial charge in [-0.05, 0) is 42.4 Å². The Morgan fingerprint density at radius 2 is 2.00 bits per heavy atom. The van der Waals surface area contributed by atoms with Crippen LogP contribution in [-0.4, -0.2) is 15.8 Å². The lowest BCUT2D eigenvalue weighted by atomic mass is 10.1. The lowest BCUT2D eigenvalue weighted by molar-refractivity contribution is 0.966. The van der Waals surface area contributed by atoms with Crippen LogP contribution in [0.4, 0.5) is 0 Å². The van der Waals surface area contributed by atoms with Crippen LogP contribution in [0.3, 0.4) is 0 Å². The van der Waals surface area contributed by atoms with Crippen LogP contribution in [0.1, 0.15) is 11.1 Å². The lowest BCUT2D eigenvalue weighted by Crippen LogP contribution is -2.12. The topological polar surface area (TPSA) is 75.7 Å². The van der Waals surface area contributed by atoms with E-state index in [1.807, 2.05) is 25.1 Å². The molecule has 0 spiro atoms. The van der Waals surface area contributed by atoms with Crippen molar-refractivity contribution in [3.8, 4) is 0 Å². The van der Waals surface area contributed by atoms with Crippen molar-refractivity contribution in [1.82, 2.24) is 9.97 Å². The Morgan fingerprint density at radius 3 is 2.65 bits per heavy atom. The smallest absolute Gasteiger partial charge is 0.192 e. The molecule has 4 nitrogen and oxygen atoms in total. The molecule has 0 atom stereocenters. The van der Waals surface area contributed by atoms with Gasteiger partial charge < -0.3 is 5.73 Å². The first kappa shape index (κ1) is 11.6. The molecule has 2 rings (SSSR count). The predicted octanol–water partition coefficient (Wildman–Crippen LogP) is 2.22. The van der Waals surface area contributed by atoms with Crippen molar-refractivity contribution >= 4 is 17.6 Å². The molecule has 0 aliphatic rings. The molecule has 0 amide bonds. The van der Waals surface area contributed by atoms with Crippen LogP contribution in [0.5, 0.6) is 0 Å². The fraction of sp³-hybridized carbons (Fsp3) is 0.0833. The Hall–Kier alpha value is -1.88. The van der Waals surface area contributed by atoms with E-state index < -0.39 is 0 Å². The molecule has 0 fully saturated rings. The van der Waals surface area contributed by atoms with E-state index >= 15 is 0 Å². The fourth-order valence-electron chi connectivity index (χ4n) is 1.37. The third-order valence-corrected chi connectivity index (χ3v) is 3.12. The van der Waals surface area contributed by atoms with Gasteiger partial charge in [0.1, 0.15) is 5.84 Å². The highest BCUT2D eigenvalue weighted by Crippen LogP contribution is 2.28. The quantitative estimate of drug-likeness (QED) is 0.493. The zero-order chi connectivity index (χ0) is 12.3. The van der Waals surface area contributed by atoms with Crippen molar-refractivity contribution in [3.63, 3.8) is 0 Å². The molecular formula is C12H12N4S. The van der Waals surface area contributed by atoms with E-state index in [0.29, 0.717) is 10.7 Å². The molecule has 0 aliphatic carbocycles. The number of nitrogens with one attached hydrogen (secondary N) is 1. The molecule has 86 valence electrons. The van der Waals surface area contributed by atoms with Crippen molar-refractivity contribution in [2.45, 2.75) is 17.0 Å². The SMILES string of the molecule is Cc1ccc(C(=N)N)c(Sc2ncccn2)c1. The van der Waals surface area contributed by atoms with E-state index in [1.54, 1.807) is 18.5 Å². The molecule has 17 heavy (non-hydrogen) atoms. The summed E-state index contributed by atoms with van der Waals surface area (Å²) < 4.78 is 0. The maximum Gasteiger partial charge on any atom is 0.192 e. The van der Waals surface area contributed by atoms with Crippen molar-refractivity contribution in [1.29, 1.82) is 5.41 Å². The first-order chi connectivity index (χ1) is 8.16. The normalized spacial score (nSPS) is 10.2. The maximum atomic E-state index is 7.54. The monoisotopic (exact) mass is 244 g/mol. The van der Waals surface area contributed by atoms with Crippen LogP contribution >= 0.6 is 11.8 Å². The minimum Gasteiger partial charge on any atom is -0.384 e.